The summed E-state index contributed by atoms with van der Waals surface area (Å²) in [7, 11) is 1.64. The van der Waals surface area contributed by atoms with E-state index in [0.717, 1.165) is 41.3 Å². The molecule has 0 radical (unpaired) electrons. The second-order valence-electron chi connectivity index (χ2n) is 6.84. The van der Waals surface area contributed by atoms with Crippen LogP contribution in [0.4, 0.5) is 5.82 Å². The van der Waals surface area contributed by atoms with Gasteiger partial charge in [0.05, 0.1) is 7.11 Å². The van der Waals surface area contributed by atoms with E-state index in [0.29, 0.717) is 12.2 Å². The number of nitrogens with two attached hydrogens (primary N) is 1. The third-order valence-electron chi connectivity index (χ3n) is 5.09. The normalized spacial score (nSPS) is 22.2. The van der Waals surface area contributed by atoms with Crippen LogP contribution in [0, 0.1) is 5.92 Å². The van der Waals surface area contributed by atoms with Crippen molar-refractivity contribution in [2.24, 2.45) is 11.7 Å². The van der Waals surface area contributed by atoms with E-state index >= 15 is 0 Å². The number of hydrogen-bond acceptors (Lipinski definition) is 4. The molecule has 2 aromatic rings. The Balaban J connectivity index is 1.53. The second-order valence-corrected chi connectivity index (χ2v) is 6.84. The molecule has 4 N–H and O–H groups in total. The van der Waals surface area contributed by atoms with Gasteiger partial charge in [-0.05, 0) is 55.2 Å². The summed E-state index contributed by atoms with van der Waals surface area (Å²) in [5.41, 5.74) is 8.36. The highest BCUT2D eigenvalue weighted by molar-refractivity contribution is 5.99. The van der Waals surface area contributed by atoms with Gasteiger partial charge in [0.15, 0.2) is 5.82 Å². The molecule has 126 valence electrons. The molecule has 6 heteroatoms. The van der Waals surface area contributed by atoms with Gasteiger partial charge in [-0.1, -0.05) is 12.1 Å². The van der Waals surface area contributed by atoms with Gasteiger partial charge in [-0.3, -0.25) is 9.89 Å². The summed E-state index contributed by atoms with van der Waals surface area (Å²) in [4.78, 5) is 12.8. The lowest BCUT2D eigenvalue weighted by atomic mass is 9.92. The average molecular weight is 326 g/mol. The molecule has 1 fully saturated rings. The molecule has 1 heterocycles. The molecule has 1 saturated carbocycles. The highest BCUT2D eigenvalue weighted by Gasteiger charge is 2.43. The Labute approximate surface area is 140 Å². The van der Waals surface area contributed by atoms with E-state index in [-0.39, 0.29) is 5.91 Å². The summed E-state index contributed by atoms with van der Waals surface area (Å²) in [5, 5.41) is 10.1. The van der Waals surface area contributed by atoms with Gasteiger partial charge in [0.2, 0.25) is 5.91 Å². The van der Waals surface area contributed by atoms with Gasteiger partial charge in [-0.2, -0.15) is 5.10 Å². The van der Waals surface area contributed by atoms with Crippen molar-refractivity contribution >= 4 is 11.7 Å². The monoisotopic (exact) mass is 326 g/mol. The zero-order valence-corrected chi connectivity index (χ0v) is 13.8. The maximum Gasteiger partial charge on any atom is 0.250 e. The first-order valence-corrected chi connectivity index (χ1v) is 8.41. The van der Waals surface area contributed by atoms with Crippen LogP contribution in [0.2, 0.25) is 0 Å². The number of ether oxygens (including phenoxy) is 1. The number of benzene rings is 1. The van der Waals surface area contributed by atoms with Crippen LogP contribution < -0.4 is 15.8 Å². The van der Waals surface area contributed by atoms with E-state index in [2.05, 4.69) is 15.5 Å². The Morgan fingerprint density at radius 2 is 2.33 bits per heavy atom. The molecular weight excluding hydrogens is 304 g/mol. The molecule has 24 heavy (non-hydrogen) atoms. The standard InChI is InChI=1S/C18H22N4O2/c1-24-15-4-2-3-14-13(15)7-8-18(14,19)17(23)20-16-10-12(21-22-16)9-11-5-6-11/h2-4,10-11H,5-9,19H2,1H3,(H2,20,21,22,23). The highest BCUT2D eigenvalue weighted by Crippen LogP contribution is 2.40. The number of methoxy groups -OCH3 is 1. The number of rotatable bonds is 5. The smallest absolute Gasteiger partial charge is 0.250 e. The Bertz CT molecular complexity index is 781. The molecular formula is C18H22N4O2. The van der Waals surface area contributed by atoms with E-state index in [1.54, 1.807) is 7.11 Å². The van der Waals surface area contributed by atoms with Crippen molar-refractivity contribution in [3.05, 3.63) is 41.1 Å². The van der Waals surface area contributed by atoms with Crippen LogP contribution in [0.3, 0.4) is 0 Å². The van der Waals surface area contributed by atoms with Crippen LogP contribution in [0.1, 0.15) is 36.1 Å². The van der Waals surface area contributed by atoms with Gasteiger partial charge < -0.3 is 15.8 Å². The number of nitrogens with one attached hydrogen (secondary N) is 2. The Hall–Kier alpha value is -2.34. The van der Waals surface area contributed by atoms with E-state index in [4.69, 9.17) is 10.5 Å². The Morgan fingerprint density at radius 3 is 3.08 bits per heavy atom. The molecule has 6 nitrogen and oxygen atoms in total. The van der Waals surface area contributed by atoms with Crippen molar-refractivity contribution in [2.45, 2.75) is 37.6 Å². The lowest BCUT2D eigenvalue weighted by Crippen LogP contribution is -2.46. The predicted octanol–water partition coefficient (Wildman–Crippen LogP) is 2.11. The predicted molar refractivity (Wildman–Crippen MR) is 90.8 cm³/mol. The van der Waals surface area contributed by atoms with Crippen molar-refractivity contribution < 1.29 is 9.53 Å². The maximum atomic E-state index is 12.8. The molecule has 1 aromatic carbocycles. The largest absolute Gasteiger partial charge is 0.496 e. The molecule has 1 atom stereocenters. The molecule has 0 aliphatic heterocycles. The van der Waals surface area contributed by atoms with Crippen LogP contribution in [0.25, 0.3) is 0 Å². The first kappa shape index (κ1) is 15.2. The maximum absolute atomic E-state index is 12.8. The number of H-pyrrole nitrogens is 1. The number of fused-ring (bicyclic) bond motifs is 1. The molecule has 2 aliphatic rings. The minimum atomic E-state index is -1.04. The Kier molecular flexibility index (Phi) is 3.57. The fraction of sp³-hybridized carbons (Fsp3) is 0.444. The summed E-state index contributed by atoms with van der Waals surface area (Å²) < 4.78 is 5.39. The van der Waals surface area contributed by atoms with E-state index in [1.165, 1.54) is 12.8 Å². The van der Waals surface area contributed by atoms with Crippen LogP contribution >= 0.6 is 0 Å². The van der Waals surface area contributed by atoms with Crippen LogP contribution in [0.5, 0.6) is 5.75 Å². The third-order valence-corrected chi connectivity index (χ3v) is 5.09. The summed E-state index contributed by atoms with van der Waals surface area (Å²) in [6.07, 6.45) is 4.86. The highest BCUT2D eigenvalue weighted by atomic mass is 16.5. The summed E-state index contributed by atoms with van der Waals surface area (Å²) in [5.74, 6) is 1.87. The number of anilines is 1. The van der Waals surface area contributed by atoms with Crippen molar-refractivity contribution in [3.63, 3.8) is 0 Å². The summed E-state index contributed by atoms with van der Waals surface area (Å²) >= 11 is 0. The van der Waals surface area contributed by atoms with Crippen LogP contribution in [0.15, 0.2) is 24.3 Å². The zero-order valence-electron chi connectivity index (χ0n) is 13.8. The lowest BCUT2D eigenvalue weighted by molar-refractivity contribution is -0.121. The zero-order chi connectivity index (χ0) is 16.7. The van der Waals surface area contributed by atoms with Gasteiger partial charge in [-0.25, -0.2) is 0 Å². The average Bonchev–Trinajstić information content (AvgIpc) is 3.18. The topological polar surface area (TPSA) is 93.0 Å². The van der Waals surface area contributed by atoms with Crippen molar-refractivity contribution in [1.29, 1.82) is 0 Å². The van der Waals surface area contributed by atoms with Gasteiger partial charge in [0, 0.05) is 11.8 Å². The number of carbonyl (C=O) groups is 1. The summed E-state index contributed by atoms with van der Waals surface area (Å²) in [6.45, 7) is 0. The van der Waals surface area contributed by atoms with Gasteiger partial charge in [0.25, 0.3) is 0 Å². The van der Waals surface area contributed by atoms with Gasteiger partial charge in [0.1, 0.15) is 11.3 Å². The van der Waals surface area contributed by atoms with E-state index in [1.807, 2.05) is 24.3 Å². The number of aromatic nitrogens is 2. The molecule has 0 bridgehead atoms. The first-order chi connectivity index (χ1) is 11.6. The molecule has 0 spiro atoms. The fourth-order valence-corrected chi connectivity index (χ4v) is 3.52. The van der Waals surface area contributed by atoms with Crippen molar-refractivity contribution in [2.75, 3.05) is 12.4 Å². The molecule has 4 rings (SSSR count). The summed E-state index contributed by atoms with van der Waals surface area (Å²) in [6, 6.07) is 7.59. The number of aromatic amines is 1. The van der Waals surface area contributed by atoms with Crippen LogP contribution in [-0.2, 0) is 23.2 Å². The van der Waals surface area contributed by atoms with Gasteiger partial charge in [-0.15, -0.1) is 0 Å². The minimum absolute atomic E-state index is 0.223. The number of carbonyl (C=O) groups excluding carboxylic acids is 1. The number of nitrogens with zero attached hydrogens (tertiary/aromatic N) is 1. The van der Waals surface area contributed by atoms with E-state index in [9.17, 15) is 4.79 Å². The van der Waals surface area contributed by atoms with Crippen LogP contribution in [-0.4, -0.2) is 23.2 Å². The third kappa shape index (κ3) is 2.57. The van der Waals surface area contributed by atoms with E-state index < -0.39 is 5.54 Å². The quantitative estimate of drug-likeness (QED) is 0.784. The number of hydrogen-bond donors (Lipinski definition) is 3. The molecule has 0 saturated heterocycles. The first-order valence-electron chi connectivity index (χ1n) is 8.41. The van der Waals surface area contributed by atoms with Crippen molar-refractivity contribution in [3.8, 4) is 5.75 Å². The van der Waals surface area contributed by atoms with Gasteiger partial charge >= 0.3 is 0 Å². The molecule has 1 aromatic heterocycles. The Morgan fingerprint density at radius 1 is 1.50 bits per heavy atom. The lowest BCUT2D eigenvalue weighted by Gasteiger charge is -2.23. The molecule has 1 unspecified atom stereocenters. The molecule has 2 aliphatic carbocycles. The molecule has 1 amide bonds. The fourth-order valence-electron chi connectivity index (χ4n) is 3.52. The number of amides is 1. The second kappa shape index (κ2) is 5.63. The van der Waals surface area contributed by atoms with Crippen molar-refractivity contribution in [1.82, 2.24) is 10.2 Å². The SMILES string of the molecule is COc1cccc2c1CCC2(N)C(=O)Nc1cc(CC2CC2)[nH]n1. The minimum Gasteiger partial charge on any atom is -0.496 e.